The molecule has 7 heteroatoms. The summed E-state index contributed by atoms with van der Waals surface area (Å²) >= 11 is 18.6. The Kier molecular flexibility index (Phi) is 4.98. The molecule has 0 saturated heterocycles. The highest BCUT2D eigenvalue weighted by atomic mass is 35.5. The van der Waals surface area contributed by atoms with Gasteiger partial charge in [0.1, 0.15) is 5.52 Å². The minimum absolute atomic E-state index is 0.0373. The summed E-state index contributed by atoms with van der Waals surface area (Å²) in [7, 11) is 0. The van der Waals surface area contributed by atoms with E-state index in [1.54, 1.807) is 28.8 Å². The van der Waals surface area contributed by atoms with Gasteiger partial charge in [0.25, 0.3) is 0 Å². The van der Waals surface area contributed by atoms with Gasteiger partial charge in [-0.25, -0.2) is 4.98 Å². The predicted octanol–water partition coefficient (Wildman–Crippen LogP) is 6.13. The van der Waals surface area contributed by atoms with E-state index in [4.69, 9.17) is 40.5 Å². The molecule has 2 heterocycles. The summed E-state index contributed by atoms with van der Waals surface area (Å²) in [6.07, 6.45) is 1.83. The zero-order valence-corrected chi connectivity index (χ0v) is 17.1. The van der Waals surface area contributed by atoms with Crippen molar-refractivity contribution < 1.29 is 5.11 Å². The van der Waals surface area contributed by atoms with Gasteiger partial charge in [-0.3, -0.25) is 4.57 Å². The van der Waals surface area contributed by atoms with E-state index in [0.717, 1.165) is 33.5 Å². The fourth-order valence-electron chi connectivity index (χ4n) is 3.41. The Balaban J connectivity index is 2.07. The van der Waals surface area contributed by atoms with Gasteiger partial charge in [-0.05, 0) is 48.9 Å². The number of hydrogen-bond acceptors (Lipinski definition) is 3. The molecular formula is C21H16Cl3N3O. The summed E-state index contributed by atoms with van der Waals surface area (Å²) in [6.45, 7) is 2.16. The molecule has 4 rings (SSSR count). The van der Waals surface area contributed by atoms with Gasteiger partial charge < -0.3 is 10.8 Å². The van der Waals surface area contributed by atoms with Gasteiger partial charge in [0.2, 0.25) is 5.88 Å². The van der Waals surface area contributed by atoms with Gasteiger partial charge in [-0.2, -0.15) is 0 Å². The van der Waals surface area contributed by atoms with Crippen LogP contribution in [0.3, 0.4) is 0 Å². The average molecular weight is 433 g/mol. The molecule has 0 fully saturated rings. The van der Waals surface area contributed by atoms with Crippen LogP contribution in [0.2, 0.25) is 15.1 Å². The average Bonchev–Trinajstić information content (AvgIpc) is 2.98. The Morgan fingerprint density at radius 1 is 1.04 bits per heavy atom. The van der Waals surface area contributed by atoms with Crippen molar-refractivity contribution in [1.29, 1.82) is 0 Å². The number of nitrogens with two attached hydrogens (primary N) is 1. The summed E-state index contributed by atoms with van der Waals surface area (Å²) in [5, 5.41) is 13.3. The molecule has 2 aromatic heterocycles. The van der Waals surface area contributed by atoms with E-state index in [1.165, 1.54) is 0 Å². The highest BCUT2D eigenvalue weighted by Gasteiger charge is 2.21. The maximum atomic E-state index is 10.9. The van der Waals surface area contributed by atoms with Crippen molar-refractivity contribution in [2.75, 3.05) is 0 Å². The van der Waals surface area contributed by atoms with Crippen LogP contribution in [0.15, 0.2) is 48.7 Å². The zero-order valence-electron chi connectivity index (χ0n) is 14.9. The van der Waals surface area contributed by atoms with Gasteiger partial charge in [-0.15, -0.1) is 0 Å². The van der Waals surface area contributed by atoms with Crippen molar-refractivity contribution >= 4 is 45.7 Å². The van der Waals surface area contributed by atoms with E-state index in [1.807, 2.05) is 31.3 Å². The first-order valence-electron chi connectivity index (χ1n) is 8.55. The third kappa shape index (κ3) is 3.12. The van der Waals surface area contributed by atoms with E-state index < -0.39 is 0 Å². The number of halogens is 3. The number of aromatic hydroxyl groups is 1. The molecule has 4 nitrogen and oxygen atoms in total. The van der Waals surface area contributed by atoms with Crippen LogP contribution >= 0.6 is 34.8 Å². The van der Waals surface area contributed by atoms with Crippen LogP contribution in [-0.4, -0.2) is 14.7 Å². The summed E-state index contributed by atoms with van der Waals surface area (Å²) < 4.78 is 1.67. The molecule has 0 aliphatic heterocycles. The lowest BCUT2D eigenvalue weighted by atomic mass is 9.96. The van der Waals surface area contributed by atoms with E-state index in [0.29, 0.717) is 20.6 Å². The molecule has 0 radical (unpaired) electrons. The molecule has 0 aliphatic rings. The number of pyridine rings is 1. The van der Waals surface area contributed by atoms with Crippen molar-refractivity contribution in [3.8, 4) is 22.7 Å². The molecule has 0 spiro atoms. The summed E-state index contributed by atoms with van der Waals surface area (Å²) in [5.74, 6) is 0.0373. The fraction of sp³-hybridized carbons (Fsp3) is 0.0952. The lowest BCUT2D eigenvalue weighted by Crippen LogP contribution is -2.04. The van der Waals surface area contributed by atoms with Crippen LogP contribution in [0.1, 0.15) is 11.3 Å². The maximum Gasteiger partial charge on any atom is 0.223 e. The molecular weight excluding hydrogens is 417 g/mol. The van der Waals surface area contributed by atoms with Gasteiger partial charge in [0.15, 0.2) is 0 Å². The first-order valence-corrected chi connectivity index (χ1v) is 9.69. The van der Waals surface area contributed by atoms with E-state index in [2.05, 4.69) is 4.98 Å². The normalized spacial score (nSPS) is 11.3. The lowest BCUT2D eigenvalue weighted by Gasteiger charge is -2.14. The number of aryl methyl sites for hydroxylation is 1. The number of aromatic nitrogens is 2. The Morgan fingerprint density at radius 3 is 2.36 bits per heavy atom. The molecule has 0 aliphatic carbocycles. The maximum absolute atomic E-state index is 10.9. The van der Waals surface area contributed by atoms with Crippen molar-refractivity contribution in [2.24, 2.45) is 5.73 Å². The van der Waals surface area contributed by atoms with E-state index in [-0.39, 0.29) is 12.4 Å². The largest absolute Gasteiger partial charge is 0.493 e. The smallest absolute Gasteiger partial charge is 0.223 e. The molecule has 142 valence electrons. The van der Waals surface area contributed by atoms with Crippen LogP contribution in [0.25, 0.3) is 27.7 Å². The molecule has 0 bridgehead atoms. The number of rotatable bonds is 3. The topological polar surface area (TPSA) is 64.1 Å². The van der Waals surface area contributed by atoms with Crippen LogP contribution in [0.5, 0.6) is 5.88 Å². The van der Waals surface area contributed by atoms with Crippen molar-refractivity contribution in [2.45, 2.75) is 13.5 Å². The summed E-state index contributed by atoms with van der Waals surface area (Å²) in [6, 6.07) is 12.5. The van der Waals surface area contributed by atoms with E-state index in [9.17, 15) is 5.11 Å². The second kappa shape index (κ2) is 7.30. The van der Waals surface area contributed by atoms with Gasteiger partial charge in [0.05, 0.1) is 0 Å². The molecule has 3 N–H and O–H groups in total. The SMILES string of the molecule is Cc1nc2c(O)n(-c3ccc(Cl)cc3)cc2c(-c2ccc(Cl)cc2Cl)c1CN. The van der Waals surface area contributed by atoms with Gasteiger partial charge in [0, 0.05) is 55.7 Å². The standard InChI is InChI=1S/C21H16Cl3N3O/c1-11-16(9-25)19(15-7-4-13(23)8-18(15)24)17-10-27(21(28)20(17)26-11)14-5-2-12(22)3-6-14/h2-8,10,28H,9,25H2,1H3. The quantitative estimate of drug-likeness (QED) is 0.409. The number of benzene rings is 2. The van der Waals surface area contributed by atoms with Crippen molar-refractivity contribution in [1.82, 2.24) is 9.55 Å². The first kappa shape index (κ1) is 19.1. The number of hydrogen-bond donors (Lipinski definition) is 2. The highest BCUT2D eigenvalue weighted by molar-refractivity contribution is 6.36. The summed E-state index contributed by atoms with van der Waals surface area (Å²) in [4.78, 5) is 4.60. The molecule has 0 amide bonds. The number of fused-ring (bicyclic) bond motifs is 1. The molecule has 2 aromatic carbocycles. The number of nitrogens with zero attached hydrogens (tertiary/aromatic N) is 2. The van der Waals surface area contributed by atoms with Crippen LogP contribution in [0.4, 0.5) is 0 Å². The molecule has 4 aromatic rings. The predicted molar refractivity (Wildman–Crippen MR) is 116 cm³/mol. The van der Waals surface area contributed by atoms with Crippen molar-refractivity contribution in [3.63, 3.8) is 0 Å². The Hall–Kier alpha value is -2.24. The second-order valence-corrected chi connectivity index (χ2v) is 7.72. The lowest BCUT2D eigenvalue weighted by molar-refractivity contribution is 0.447. The van der Waals surface area contributed by atoms with Gasteiger partial charge in [-0.1, -0.05) is 40.9 Å². The van der Waals surface area contributed by atoms with Crippen LogP contribution in [-0.2, 0) is 6.54 Å². The van der Waals surface area contributed by atoms with Gasteiger partial charge >= 0.3 is 0 Å². The Morgan fingerprint density at radius 2 is 1.71 bits per heavy atom. The second-order valence-electron chi connectivity index (χ2n) is 6.44. The summed E-state index contributed by atoms with van der Waals surface area (Å²) in [5.41, 5.74) is 10.5. The zero-order chi connectivity index (χ0) is 20.0. The molecule has 0 saturated carbocycles. The van der Waals surface area contributed by atoms with Crippen molar-refractivity contribution in [3.05, 3.63) is 75.0 Å². The monoisotopic (exact) mass is 431 g/mol. The minimum Gasteiger partial charge on any atom is -0.493 e. The molecule has 0 unspecified atom stereocenters. The Labute approximate surface area is 177 Å². The third-order valence-electron chi connectivity index (χ3n) is 4.75. The minimum atomic E-state index is 0.0373. The molecule has 28 heavy (non-hydrogen) atoms. The molecule has 0 atom stereocenters. The van der Waals surface area contributed by atoms with Crippen LogP contribution in [0, 0.1) is 6.92 Å². The third-order valence-corrected chi connectivity index (χ3v) is 5.55. The highest BCUT2D eigenvalue weighted by Crippen LogP contribution is 2.41. The Bertz CT molecular complexity index is 1200. The first-order chi connectivity index (χ1) is 13.4. The fourth-order valence-corrected chi connectivity index (χ4v) is 4.03. The van der Waals surface area contributed by atoms with Crippen LogP contribution < -0.4 is 5.73 Å². The van der Waals surface area contributed by atoms with E-state index >= 15 is 0 Å².